The summed E-state index contributed by atoms with van der Waals surface area (Å²) in [5.74, 6) is 0.781. The number of aromatic nitrogens is 2. The first kappa shape index (κ1) is 15.5. The Kier molecular flexibility index (Phi) is 4.51. The minimum atomic E-state index is -3.64. The summed E-state index contributed by atoms with van der Waals surface area (Å²) >= 11 is 0. The van der Waals surface area contributed by atoms with Crippen molar-refractivity contribution in [3.05, 3.63) is 12.0 Å². The van der Waals surface area contributed by atoms with Gasteiger partial charge in [-0.2, -0.15) is 0 Å². The lowest BCUT2D eigenvalue weighted by Gasteiger charge is -2.31. The number of nitrogens with one attached hydrogen (secondary N) is 2. The predicted molar refractivity (Wildman–Crippen MR) is 75.9 cm³/mol. The highest BCUT2D eigenvalue weighted by atomic mass is 32.2. The maximum atomic E-state index is 12.2. The number of H-pyrrole nitrogens is 1. The third-order valence-electron chi connectivity index (χ3n) is 3.78. The van der Waals surface area contributed by atoms with Gasteiger partial charge in [0.05, 0.1) is 11.8 Å². The lowest BCUT2D eigenvalue weighted by atomic mass is 9.85. The van der Waals surface area contributed by atoms with Crippen LogP contribution < -0.4 is 4.72 Å². The van der Waals surface area contributed by atoms with Crippen LogP contribution in [0.25, 0.3) is 0 Å². The van der Waals surface area contributed by atoms with E-state index in [9.17, 15) is 13.5 Å². The highest BCUT2D eigenvalue weighted by Crippen LogP contribution is 2.27. The van der Waals surface area contributed by atoms with Crippen molar-refractivity contribution in [2.75, 3.05) is 6.54 Å². The molecular formula is C13H23N3O3S. The number of imidazole rings is 1. The Morgan fingerprint density at radius 3 is 2.60 bits per heavy atom. The summed E-state index contributed by atoms with van der Waals surface area (Å²) in [5.41, 5.74) is -0.910. The molecule has 6 nitrogen and oxygen atoms in total. The van der Waals surface area contributed by atoms with E-state index in [2.05, 4.69) is 14.7 Å². The van der Waals surface area contributed by atoms with Gasteiger partial charge in [-0.1, -0.05) is 33.1 Å². The van der Waals surface area contributed by atoms with E-state index in [4.69, 9.17) is 0 Å². The average molecular weight is 301 g/mol. The molecule has 0 aliphatic heterocycles. The van der Waals surface area contributed by atoms with Gasteiger partial charge in [-0.05, 0) is 12.8 Å². The van der Waals surface area contributed by atoms with Crippen LogP contribution in [0, 0.1) is 0 Å². The van der Waals surface area contributed by atoms with E-state index in [-0.39, 0.29) is 17.5 Å². The van der Waals surface area contributed by atoms with Crippen LogP contribution in [0.15, 0.2) is 11.2 Å². The molecule has 20 heavy (non-hydrogen) atoms. The fraction of sp³-hybridized carbons (Fsp3) is 0.769. The molecule has 1 saturated carbocycles. The van der Waals surface area contributed by atoms with Gasteiger partial charge in [-0.25, -0.2) is 18.1 Å². The normalized spacial score (nSPS) is 19.4. The molecule has 1 aromatic heterocycles. The van der Waals surface area contributed by atoms with Crippen LogP contribution in [0.1, 0.15) is 57.7 Å². The van der Waals surface area contributed by atoms with Crippen LogP contribution in [-0.4, -0.2) is 35.6 Å². The summed E-state index contributed by atoms with van der Waals surface area (Å²) in [5, 5.41) is 10.4. The molecule has 114 valence electrons. The van der Waals surface area contributed by atoms with Gasteiger partial charge >= 0.3 is 0 Å². The zero-order valence-corrected chi connectivity index (χ0v) is 12.8. The number of aliphatic hydroxyl groups is 1. The molecule has 1 aliphatic carbocycles. The van der Waals surface area contributed by atoms with Crippen LogP contribution >= 0.6 is 0 Å². The summed E-state index contributed by atoms with van der Waals surface area (Å²) in [6.45, 7) is 3.94. The van der Waals surface area contributed by atoms with Gasteiger partial charge in [0.15, 0.2) is 5.03 Å². The topological polar surface area (TPSA) is 95.1 Å². The molecule has 0 unspecified atom stereocenters. The fourth-order valence-corrected chi connectivity index (χ4v) is 3.49. The van der Waals surface area contributed by atoms with Crippen molar-refractivity contribution in [3.8, 4) is 0 Å². The van der Waals surface area contributed by atoms with E-state index in [0.29, 0.717) is 18.7 Å². The Bertz CT molecular complexity index is 545. The Morgan fingerprint density at radius 2 is 2.05 bits per heavy atom. The summed E-state index contributed by atoms with van der Waals surface area (Å²) < 4.78 is 26.8. The van der Waals surface area contributed by atoms with E-state index < -0.39 is 15.6 Å². The first-order chi connectivity index (χ1) is 9.32. The third kappa shape index (κ3) is 3.59. The van der Waals surface area contributed by atoms with E-state index in [1.54, 1.807) is 0 Å². The standard InChI is InChI=1S/C13H23N3O3S/c1-10(2)12-14-8-11(16-12)20(18,19)15-9-13(17)6-4-3-5-7-13/h8,10,15,17H,3-7,9H2,1-2H3,(H,14,16). The summed E-state index contributed by atoms with van der Waals surface area (Å²) in [4.78, 5) is 6.87. The predicted octanol–water partition coefficient (Wildman–Crippen LogP) is 1.51. The van der Waals surface area contributed by atoms with Gasteiger partial charge in [0, 0.05) is 12.5 Å². The van der Waals surface area contributed by atoms with Crippen molar-refractivity contribution in [1.29, 1.82) is 0 Å². The molecular weight excluding hydrogens is 278 g/mol. The van der Waals surface area contributed by atoms with Gasteiger partial charge < -0.3 is 10.1 Å². The average Bonchev–Trinajstić information content (AvgIpc) is 2.88. The molecule has 7 heteroatoms. The Hall–Kier alpha value is -0.920. The monoisotopic (exact) mass is 301 g/mol. The van der Waals surface area contributed by atoms with E-state index in [0.717, 1.165) is 19.3 Å². The largest absolute Gasteiger partial charge is 0.389 e. The molecule has 0 atom stereocenters. The molecule has 3 N–H and O–H groups in total. The molecule has 1 fully saturated rings. The number of hydrogen-bond donors (Lipinski definition) is 3. The van der Waals surface area contributed by atoms with Gasteiger partial charge in [0.2, 0.25) is 0 Å². The van der Waals surface area contributed by atoms with Crippen LogP contribution in [0.2, 0.25) is 0 Å². The molecule has 0 bridgehead atoms. The Morgan fingerprint density at radius 1 is 1.40 bits per heavy atom. The first-order valence-electron chi connectivity index (χ1n) is 7.09. The van der Waals surface area contributed by atoms with Crippen molar-refractivity contribution < 1.29 is 13.5 Å². The van der Waals surface area contributed by atoms with E-state index in [1.807, 2.05) is 13.8 Å². The second-order valence-electron chi connectivity index (χ2n) is 5.90. The lowest BCUT2D eigenvalue weighted by molar-refractivity contribution is 0.00944. The van der Waals surface area contributed by atoms with Crippen LogP contribution in [0.4, 0.5) is 0 Å². The van der Waals surface area contributed by atoms with Crippen LogP contribution in [-0.2, 0) is 10.0 Å². The highest BCUT2D eigenvalue weighted by Gasteiger charge is 2.31. The SMILES string of the molecule is CC(C)c1ncc(S(=O)(=O)NCC2(O)CCCCC2)[nH]1. The number of nitrogens with zero attached hydrogens (tertiary/aromatic N) is 1. The molecule has 0 radical (unpaired) electrons. The van der Waals surface area contributed by atoms with Crippen molar-refractivity contribution in [2.24, 2.45) is 0 Å². The molecule has 0 spiro atoms. The minimum absolute atomic E-state index is 0.0561. The lowest BCUT2D eigenvalue weighted by Crippen LogP contribution is -2.44. The van der Waals surface area contributed by atoms with Crippen molar-refractivity contribution in [3.63, 3.8) is 0 Å². The summed E-state index contributed by atoms with van der Waals surface area (Å²) in [6.07, 6.45) is 5.61. The summed E-state index contributed by atoms with van der Waals surface area (Å²) in [6, 6.07) is 0. The van der Waals surface area contributed by atoms with Crippen LogP contribution in [0.5, 0.6) is 0 Å². The third-order valence-corrected chi connectivity index (χ3v) is 5.09. The summed E-state index contributed by atoms with van der Waals surface area (Å²) in [7, 11) is -3.64. The minimum Gasteiger partial charge on any atom is -0.389 e. The number of sulfonamides is 1. The maximum Gasteiger partial charge on any atom is 0.257 e. The van der Waals surface area contributed by atoms with Gasteiger partial charge in [-0.3, -0.25) is 0 Å². The van der Waals surface area contributed by atoms with E-state index in [1.165, 1.54) is 6.20 Å². The second kappa shape index (κ2) is 5.83. The first-order valence-corrected chi connectivity index (χ1v) is 8.58. The van der Waals surface area contributed by atoms with Gasteiger partial charge in [-0.15, -0.1) is 0 Å². The zero-order chi connectivity index (χ0) is 14.8. The smallest absolute Gasteiger partial charge is 0.257 e. The number of aromatic amines is 1. The Labute approximate surface area is 120 Å². The molecule has 1 aromatic rings. The van der Waals surface area contributed by atoms with Crippen molar-refractivity contribution >= 4 is 10.0 Å². The fourth-order valence-electron chi connectivity index (χ4n) is 2.44. The molecule has 0 aromatic carbocycles. The molecule has 2 rings (SSSR count). The Balaban J connectivity index is 2.03. The van der Waals surface area contributed by atoms with Crippen LogP contribution in [0.3, 0.4) is 0 Å². The maximum absolute atomic E-state index is 12.2. The van der Waals surface area contributed by atoms with E-state index >= 15 is 0 Å². The van der Waals surface area contributed by atoms with Gasteiger partial charge in [0.1, 0.15) is 5.82 Å². The highest BCUT2D eigenvalue weighted by molar-refractivity contribution is 7.89. The number of hydrogen-bond acceptors (Lipinski definition) is 4. The molecule has 0 saturated heterocycles. The van der Waals surface area contributed by atoms with Crippen molar-refractivity contribution in [1.82, 2.24) is 14.7 Å². The molecule has 1 aliphatic rings. The number of rotatable bonds is 5. The second-order valence-corrected chi connectivity index (χ2v) is 7.63. The molecule has 0 amide bonds. The zero-order valence-electron chi connectivity index (χ0n) is 12.0. The quantitative estimate of drug-likeness (QED) is 0.768. The van der Waals surface area contributed by atoms with Crippen molar-refractivity contribution in [2.45, 2.75) is 62.5 Å². The van der Waals surface area contributed by atoms with Gasteiger partial charge in [0.25, 0.3) is 10.0 Å². The molecule has 1 heterocycles.